The van der Waals surface area contributed by atoms with Gasteiger partial charge in [0.25, 0.3) is 0 Å². The lowest BCUT2D eigenvalue weighted by molar-refractivity contribution is -0.275. The van der Waals surface area contributed by atoms with Crippen molar-refractivity contribution >= 4 is 10.1 Å². The molecule has 4 aliphatic carbocycles. The predicted molar refractivity (Wildman–Crippen MR) is 71.0 cm³/mol. The first kappa shape index (κ1) is 18.3. The van der Waals surface area contributed by atoms with Crippen molar-refractivity contribution in [2.24, 2.45) is 23.2 Å². The minimum Gasteiger partial charge on any atom is -0.743 e. The second kappa shape index (κ2) is 5.51. The lowest BCUT2D eigenvalue weighted by atomic mass is 9.50. The van der Waals surface area contributed by atoms with Gasteiger partial charge in [-0.2, -0.15) is 22.0 Å². The van der Waals surface area contributed by atoms with E-state index in [0.717, 1.165) is 19.3 Å². The van der Waals surface area contributed by atoms with E-state index in [1.54, 1.807) is 0 Å². The Morgan fingerprint density at radius 3 is 1.75 bits per heavy atom. The quantitative estimate of drug-likeness (QED) is 0.545. The van der Waals surface area contributed by atoms with Crippen LogP contribution in [0, 0.1) is 23.2 Å². The molecule has 0 N–H and O–H groups in total. The molecule has 0 aromatic carbocycles. The number of halogens is 5. The first-order valence-corrected chi connectivity index (χ1v) is 9.25. The zero-order valence-electron chi connectivity index (χ0n) is 12.7. The van der Waals surface area contributed by atoms with Crippen LogP contribution in [0.5, 0.6) is 0 Å². The Morgan fingerprint density at radius 2 is 1.42 bits per heavy atom. The fourth-order valence-corrected chi connectivity index (χ4v) is 5.70. The minimum atomic E-state index is -6.49. The van der Waals surface area contributed by atoms with Gasteiger partial charge in [0.15, 0.2) is 10.1 Å². The Morgan fingerprint density at radius 1 is 1.00 bits per heavy atom. The lowest BCUT2D eigenvalue weighted by Crippen LogP contribution is -2.54. The standard InChI is InChI=1S/C14H19F5O4S/c15-13(16,17)11(14(18,19)24(20,21)22)23-7-12-4-8-1-9(5-12)3-10(2-8)6-12/h8-11H,1-7H2,(H,20,21,22)/p-1. The van der Waals surface area contributed by atoms with Crippen molar-refractivity contribution in [1.29, 1.82) is 0 Å². The third-order valence-electron chi connectivity index (χ3n) is 5.66. The Kier molecular flexibility index (Phi) is 4.20. The molecule has 4 bridgehead atoms. The minimum absolute atomic E-state index is 0.368. The van der Waals surface area contributed by atoms with E-state index < -0.39 is 39.7 Å². The van der Waals surface area contributed by atoms with E-state index in [0.29, 0.717) is 37.0 Å². The number of alkyl halides is 5. The van der Waals surface area contributed by atoms with Crippen LogP contribution in [0.15, 0.2) is 0 Å². The number of ether oxygens (including phenoxy) is 1. The van der Waals surface area contributed by atoms with Gasteiger partial charge in [-0.05, 0) is 61.7 Å². The van der Waals surface area contributed by atoms with Crippen LogP contribution < -0.4 is 0 Å². The molecule has 4 fully saturated rings. The molecule has 0 spiro atoms. The molecule has 4 saturated carbocycles. The Hall–Kier alpha value is -0.480. The summed E-state index contributed by atoms with van der Waals surface area (Å²) < 4.78 is 102. The third-order valence-corrected chi connectivity index (χ3v) is 6.54. The molecule has 0 aromatic rings. The Balaban J connectivity index is 1.78. The summed E-state index contributed by atoms with van der Waals surface area (Å²) in [5, 5.41) is -5.55. The molecule has 140 valence electrons. The summed E-state index contributed by atoms with van der Waals surface area (Å²) in [7, 11) is -6.49. The summed E-state index contributed by atoms with van der Waals surface area (Å²) >= 11 is 0. The maximum atomic E-state index is 13.5. The SMILES string of the molecule is O=S(=O)([O-])C(F)(F)C(OCC12CC3CC(CC(C3)C1)C2)C(F)(F)F. The second-order valence-electron chi connectivity index (χ2n) is 7.67. The molecule has 4 rings (SSSR count). The highest BCUT2D eigenvalue weighted by molar-refractivity contribution is 7.86. The van der Waals surface area contributed by atoms with Crippen LogP contribution >= 0.6 is 0 Å². The molecular formula is C14H18F5O4S-. The summed E-state index contributed by atoms with van der Waals surface area (Å²) in [4.78, 5) is 0. The van der Waals surface area contributed by atoms with Crippen LogP contribution in [-0.2, 0) is 14.9 Å². The van der Waals surface area contributed by atoms with E-state index in [9.17, 15) is 34.9 Å². The number of rotatable bonds is 5. The molecule has 0 heterocycles. The van der Waals surface area contributed by atoms with E-state index in [-0.39, 0.29) is 0 Å². The van der Waals surface area contributed by atoms with Gasteiger partial charge in [0, 0.05) is 0 Å². The largest absolute Gasteiger partial charge is 0.743 e. The zero-order chi connectivity index (χ0) is 18.0. The smallest absolute Gasteiger partial charge is 0.421 e. The molecule has 1 unspecified atom stereocenters. The average Bonchev–Trinajstić information content (AvgIpc) is 2.33. The zero-order valence-corrected chi connectivity index (χ0v) is 13.5. The van der Waals surface area contributed by atoms with Crippen LogP contribution in [0.25, 0.3) is 0 Å². The highest BCUT2D eigenvalue weighted by Crippen LogP contribution is 2.60. The predicted octanol–water partition coefficient (Wildman–Crippen LogP) is 3.29. The van der Waals surface area contributed by atoms with Gasteiger partial charge < -0.3 is 9.29 Å². The summed E-state index contributed by atoms with van der Waals surface area (Å²) in [5.74, 6) is 1.11. The fraction of sp³-hybridized carbons (Fsp3) is 1.00. The van der Waals surface area contributed by atoms with Gasteiger partial charge in [-0.3, -0.25) is 0 Å². The molecule has 4 aliphatic rings. The van der Waals surface area contributed by atoms with Gasteiger partial charge in [-0.15, -0.1) is 0 Å². The van der Waals surface area contributed by atoms with Crippen LogP contribution in [0.4, 0.5) is 22.0 Å². The van der Waals surface area contributed by atoms with Gasteiger partial charge in [-0.25, -0.2) is 8.42 Å². The molecule has 10 heteroatoms. The van der Waals surface area contributed by atoms with Crippen molar-refractivity contribution in [1.82, 2.24) is 0 Å². The molecule has 0 radical (unpaired) electrons. The highest BCUT2D eigenvalue weighted by atomic mass is 32.2. The van der Waals surface area contributed by atoms with Gasteiger partial charge in [0.1, 0.15) is 0 Å². The molecule has 0 aromatic heterocycles. The van der Waals surface area contributed by atoms with Crippen LogP contribution in [-0.4, -0.2) is 37.1 Å². The van der Waals surface area contributed by atoms with Crippen LogP contribution in [0.1, 0.15) is 38.5 Å². The van der Waals surface area contributed by atoms with E-state index >= 15 is 0 Å². The molecule has 24 heavy (non-hydrogen) atoms. The molecule has 4 nitrogen and oxygen atoms in total. The van der Waals surface area contributed by atoms with Crippen LogP contribution in [0.2, 0.25) is 0 Å². The first-order valence-electron chi connectivity index (χ1n) is 7.84. The normalized spacial score (nSPS) is 37.7. The van der Waals surface area contributed by atoms with Crippen molar-refractivity contribution < 1.29 is 39.7 Å². The third kappa shape index (κ3) is 3.16. The molecule has 0 saturated heterocycles. The maximum absolute atomic E-state index is 13.5. The van der Waals surface area contributed by atoms with E-state index in [2.05, 4.69) is 4.74 Å². The summed E-state index contributed by atoms with van der Waals surface area (Å²) in [5.41, 5.74) is -0.610. The topological polar surface area (TPSA) is 66.4 Å². The van der Waals surface area contributed by atoms with Crippen molar-refractivity contribution in [3.8, 4) is 0 Å². The molecule has 0 aliphatic heterocycles. The van der Waals surface area contributed by atoms with E-state index in [1.165, 1.54) is 0 Å². The van der Waals surface area contributed by atoms with Crippen molar-refractivity contribution in [2.75, 3.05) is 6.61 Å². The highest BCUT2D eigenvalue weighted by Gasteiger charge is 2.62. The van der Waals surface area contributed by atoms with E-state index in [1.807, 2.05) is 0 Å². The van der Waals surface area contributed by atoms with Crippen molar-refractivity contribution in [3.63, 3.8) is 0 Å². The molecule has 1 atom stereocenters. The monoisotopic (exact) mass is 377 g/mol. The average molecular weight is 377 g/mol. The van der Waals surface area contributed by atoms with Gasteiger partial charge in [0.2, 0.25) is 6.10 Å². The number of hydrogen-bond acceptors (Lipinski definition) is 4. The van der Waals surface area contributed by atoms with Gasteiger partial charge in [0.05, 0.1) is 6.61 Å². The summed E-state index contributed by atoms with van der Waals surface area (Å²) in [6.45, 7) is -0.591. The van der Waals surface area contributed by atoms with Crippen molar-refractivity contribution in [2.45, 2.75) is 56.1 Å². The molecular weight excluding hydrogens is 359 g/mol. The first-order chi connectivity index (χ1) is 10.8. The lowest BCUT2D eigenvalue weighted by Gasteiger charge is -2.56. The number of hydrogen-bond donors (Lipinski definition) is 0. The van der Waals surface area contributed by atoms with E-state index in [4.69, 9.17) is 0 Å². The molecule has 0 amide bonds. The maximum Gasteiger partial charge on any atom is 0.421 e. The Labute approximate surface area is 136 Å². The fourth-order valence-electron chi connectivity index (χ4n) is 5.24. The van der Waals surface area contributed by atoms with Gasteiger partial charge >= 0.3 is 11.4 Å². The summed E-state index contributed by atoms with van der Waals surface area (Å²) in [6.07, 6.45) is -4.73. The van der Waals surface area contributed by atoms with Gasteiger partial charge in [-0.1, -0.05) is 0 Å². The van der Waals surface area contributed by atoms with Crippen LogP contribution in [0.3, 0.4) is 0 Å². The second-order valence-corrected chi connectivity index (χ2v) is 9.12. The summed E-state index contributed by atoms with van der Waals surface area (Å²) in [6, 6.07) is 0. The van der Waals surface area contributed by atoms with Crippen molar-refractivity contribution in [3.05, 3.63) is 0 Å². The Bertz CT molecular complexity index is 565.